The second kappa shape index (κ2) is 5.96. The van der Waals surface area contributed by atoms with Gasteiger partial charge in [-0.3, -0.25) is 9.69 Å². The molecule has 1 aromatic heterocycles. The Morgan fingerprint density at radius 1 is 1.35 bits per heavy atom. The third-order valence-electron chi connectivity index (χ3n) is 3.82. The Kier molecular flexibility index (Phi) is 4.06. The first-order valence-corrected chi connectivity index (χ1v) is 7.96. The summed E-state index contributed by atoms with van der Waals surface area (Å²) in [5.41, 5.74) is 6.11. The van der Waals surface area contributed by atoms with Gasteiger partial charge in [0.15, 0.2) is 0 Å². The summed E-state index contributed by atoms with van der Waals surface area (Å²) in [6.07, 6.45) is 2.67. The lowest BCUT2D eigenvalue weighted by Crippen LogP contribution is -2.49. The van der Waals surface area contributed by atoms with Crippen LogP contribution in [-0.2, 0) is 0 Å². The standard InChI is InChI=1S/C15H19N3OS/c16-5-1-2-14-10-12(11-20-14)15(19)18-8-6-17(7-9-18)13-3-4-13/h10-11,13H,3-9,16H2. The van der Waals surface area contributed by atoms with Gasteiger partial charge in [0.1, 0.15) is 0 Å². The number of carbonyl (C=O) groups excluding carboxylic acids is 1. The topological polar surface area (TPSA) is 49.6 Å². The van der Waals surface area contributed by atoms with E-state index in [1.54, 1.807) is 0 Å². The van der Waals surface area contributed by atoms with E-state index in [4.69, 9.17) is 5.73 Å². The van der Waals surface area contributed by atoms with Crippen LogP contribution in [0.15, 0.2) is 11.4 Å². The first kappa shape index (κ1) is 13.6. The molecule has 20 heavy (non-hydrogen) atoms. The first-order valence-electron chi connectivity index (χ1n) is 7.08. The third kappa shape index (κ3) is 3.04. The molecule has 106 valence electrons. The van der Waals surface area contributed by atoms with Crippen LogP contribution in [0, 0.1) is 11.8 Å². The van der Waals surface area contributed by atoms with Gasteiger partial charge in [-0.25, -0.2) is 0 Å². The van der Waals surface area contributed by atoms with E-state index in [-0.39, 0.29) is 5.91 Å². The van der Waals surface area contributed by atoms with E-state index < -0.39 is 0 Å². The van der Waals surface area contributed by atoms with Crippen LogP contribution < -0.4 is 5.73 Å². The predicted octanol–water partition coefficient (Wildman–Crippen LogP) is 0.978. The lowest BCUT2D eigenvalue weighted by atomic mass is 10.2. The molecular formula is C15H19N3OS. The van der Waals surface area contributed by atoms with E-state index in [1.165, 1.54) is 24.2 Å². The molecule has 5 heteroatoms. The summed E-state index contributed by atoms with van der Waals surface area (Å²) in [6.45, 7) is 4.06. The molecule has 3 rings (SSSR count). The molecule has 2 heterocycles. The van der Waals surface area contributed by atoms with Gasteiger partial charge in [0, 0.05) is 37.6 Å². The average molecular weight is 289 g/mol. The molecule has 1 aliphatic carbocycles. The van der Waals surface area contributed by atoms with Crippen molar-refractivity contribution in [2.24, 2.45) is 5.73 Å². The van der Waals surface area contributed by atoms with Gasteiger partial charge in [0.05, 0.1) is 17.0 Å². The Balaban J connectivity index is 1.59. The van der Waals surface area contributed by atoms with Crippen molar-refractivity contribution < 1.29 is 4.79 Å². The van der Waals surface area contributed by atoms with Gasteiger partial charge < -0.3 is 10.6 Å². The maximum atomic E-state index is 12.4. The molecule has 0 bridgehead atoms. The minimum absolute atomic E-state index is 0.137. The first-order chi connectivity index (χ1) is 9.78. The van der Waals surface area contributed by atoms with E-state index in [0.29, 0.717) is 6.54 Å². The number of rotatable bonds is 2. The van der Waals surface area contributed by atoms with Crippen molar-refractivity contribution in [2.75, 3.05) is 32.7 Å². The number of carbonyl (C=O) groups is 1. The molecule has 0 atom stereocenters. The number of amides is 1. The average Bonchev–Trinajstić information content (AvgIpc) is 3.23. The minimum Gasteiger partial charge on any atom is -0.336 e. The number of hydrogen-bond acceptors (Lipinski definition) is 4. The Labute approximate surface area is 123 Å². The highest BCUT2D eigenvalue weighted by atomic mass is 32.1. The lowest BCUT2D eigenvalue weighted by molar-refractivity contribution is 0.0628. The summed E-state index contributed by atoms with van der Waals surface area (Å²) in [7, 11) is 0. The number of thiophene rings is 1. The number of nitrogens with two attached hydrogens (primary N) is 1. The molecule has 2 N–H and O–H groups in total. The molecular weight excluding hydrogens is 270 g/mol. The molecule has 1 aromatic rings. The Morgan fingerprint density at radius 3 is 2.75 bits per heavy atom. The number of hydrogen-bond donors (Lipinski definition) is 1. The zero-order valence-electron chi connectivity index (χ0n) is 11.5. The third-order valence-corrected chi connectivity index (χ3v) is 4.67. The van der Waals surface area contributed by atoms with Gasteiger partial charge in [0.2, 0.25) is 0 Å². The van der Waals surface area contributed by atoms with E-state index in [0.717, 1.165) is 42.7 Å². The Morgan fingerprint density at radius 2 is 2.10 bits per heavy atom. The van der Waals surface area contributed by atoms with Crippen LogP contribution in [0.4, 0.5) is 0 Å². The monoisotopic (exact) mass is 289 g/mol. The SMILES string of the molecule is NCC#Cc1cc(C(=O)N2CCN(C3CC3)CC2)cs1. The van der Waals surface area contributed by atoms with Crippen LogP contribution >= 0.6 is 11.3 Å². The van der Waals surface area contributed by atoms with Gasteiger partial charge in [-0.05, 0) is 18.9 Å². The van der Waals surface area contributed by atoms with Crippen molar-refractivity contribution in [1.82, 2.24) is 9.80 Å². The van der Waals surface area contributed by atoms with Crippen LogP contribution in [0.3, 0.4) is 0 Å². The highest BCUT2D eigenvalue weighted by Crippen LogP contribution is 2.27. The van der Waals surface area contributed by atoms with Crippen molar-refractivity contribution in [1.29, 1.82) is 0 Å². The lowest BCUT2D eigenvalue weighted by Gasteiger charge is -2.34. The summed E-state index contributed by atoms with van der Waals surface area (Å²) in [6, 6.07) is 2.68. The molecule has 1 saturated carbocycles. The summed E-state index contributed by atoms with van der Waals surface area (Å²) >= 11 is 1.51. The highest BCUT2D eigenvalue weighted by molar-refractivity contribution is 7.10. The van der Waals surface area contributed by atoms with Crippen LogP contribution in [0.1, 0.15) is 28.1 Å². The van der Waals surface area contributed by atoms with Crippen LogP contribution in [0.5, 0.6) is 0 Å². The van der Waals surface area contributed by atoms with Crippen LogP contribution in [0.25, 0.3) is 0 Å². The molecule has 0 aromatic carbocycles. The Bertz CT molecular complexity index is 545. The number of nitrogens with zero attached hydrogens (tertiary/aromatic N) is 2. The molecule has 2 aliphatic rings. The summed E-state index contributed by atoms with van der Waals surface area (Å²) in [5, 5.41) is 1.90. The maximum Gasteiger partial charge on any atom is 0.254 e. The van der Waals surface area contributed by atoms with E-state index in [2.05, 4.69) is 16.7 Å². The molecule has 1 saturated heterocycles. The number of piperazine rings is 1. The summed E-state index contributed by atoms with van der Waals surface area (Å²) in [5.74, 6) is 5.93. The van der Waals surface area contributed by atoms with Crippen molar-refractivity contribution in [2.45, 2.75) is 18.9 Å². The van der Waals surface area contributed by atoms with Crippen molar-refractivity contribution in [3.8, 4) is 11.8 Å². The van der Waals surface area contributed by atoms with Gasteiger partial charge in [-0.1, -0.05) is 11.8 Å². The fourth-order valence-electron chi connectivity index (χ4n) is 2.56. The maximum absolute atomic E-state index is 12.4. The second-order valence-corrected chi connectivity index (χ2v) is 6.18. The molecule has 2 fully saturated rings. The highest BCUT2D eigenvalue weighted by Gasteiger charge is 2.32. The summed E-state index contributed by atoms with van der Waals surface area (Å²) < 4.78 is 0. The predicted molar refractivity (Wildman–Crippen MR) is 80.7 cm³/mol. The molecule has 0 unspecified atom stereocenters. The van der Waals surface area contributed by atoms with E-state index in [1.807, 2.05) is 16.3 Å². The van der Waals surface area contributed by atoms with Gasteiger partial charge >= 0.3 is 0 Å². The van der Waals surface area contributed by atoms with E-state index >= 15 is 0 Å². The summed E-state index contributed by atoms with van der Waals surface area (Å²) in [4.78, 5) is 17.8. The molecule has 0 radical (unpaired) electrons. The second-order valence-electron chi connectivity index (χ2n) is 5.26. The fourth-order valence-corrected chi connectivity index (χ4v) is 3.31. The minimum atomic E-state index is 0.137. The fraction of sp³-hybridized carbons (Fsp3) is 0.533. The normalized spacial score (nSPS) is 19.6. The smallest absolute Gasteiger partial charge is 0.254 e. The molecule has 4 nitrogen and oxygen atoms in total. The van der Waals surface area contributed by atoms with Crippen molar-refractivity contribution in [3.63, 3.8) is 0 Å². The largest absolute Gasteiger partial charge is 0.336 e. The Hall–Kier alpha value is -1.35. The zero-order valence-corrected chi connectivity index (χ0v) is 12.3. The van der Waals surface area contributed by atoms with Gasteiger partial charge in [0.25, 0.3) is 5.91 Å². The van der Waals surface area contributed by atoms with Crippen LogP contribution in [0.2, 0.25) is 0 Å². The van der Waals surface area contributed by atoms with Gasteiger partial charge in [-0.2, -0.15) is 0 Å². The molecule has 0 spiro atoms. The molecule has 1 aliphatic heterocycles. The van der Waals surface area contributed by atoms with Crippen molar-refractivity contribution in [3.05, 3.63) is 21.9 Å². The van der Waals surface area contributed by atoms with E-state index in [9.17, 15) is 4.79 Å². The zero-order chi connectivity index (χ0) is 13.9. The molecule has 1 amide bonds. The van der Waals surface area contributed by atoms with Crippen molar-refractivity contribution >= 4 is 17.2 Å². The van der Waals surface area contributed by atoms with Crippen LogP contribution in [-0.4, -0.2) is 54.5 Å². The van der Waals surface area contributed by atoms with Gasteiger partial charge in [-0.15, -0.1) is 11.3 Å². The quantitative estimate of drug-likeness (QED) is 0.826.